The monoisotopic (exact) mass is 358 g/mol. The zero-order chi connectivity index (χ0) is 19.1. The van der Waals surface area contributed by atoms with Crippen molar-refractivity contribution in [2.45, 2.75) is 0 Å². The number of carbonyl (C=O) groups excluding carboxylic acids is 1. The van der Waals surface area contributed by atoms with Gasteiger partial charge in [-0.1, -0.05) is 6.07 Å². The van der Waals surface area contributed by atoms with Crippen molar-refractivity contribution in [2.24, 2.45) is 0 Å². The first kappa shape index (κ1) is 19.2. The van der Waals surface area contributed by atoms with Gasteiger partial charge >= 0.3 is 0 Å². The van der Waals surface area contributed by atoms with E-state index in [2.05, 4.69) is 0 Å². The second-order valence-corrected chi connectivity index (χ2v) is 5.16. The predicted molar refractivity (Wildman–Crippen MR) is 99.0 cm³/mol. The summed E-state index contributed by atoms with van der Waals surface area (Å²) < 4.78 is 26.6. The predicted octanol–water partition coefficient (Wildman–Crippen LogP) is 3.63. The van der Waals surface area contributed by atoms with Gasteiger partial charge in [-0.2, -0.15) is 0 Å². The summed E-state index contributed by atoms with van der Waals surface area (Å²) in [5, 5.41) is 0. The first-order valence-corrected chi connectivity index (χ1v) is 7.83. The molecule has 0 saturated heterocycles. The van der Waals surface area contributed by atoms with Gasteiger partial charge in [0.2, 0.25) is 5.75 Å². The summed E-state index contributed by atoms with van der Waals surface area (Å²) in [7, 11) is 7.61. The molecule has 0 heterocycles. The maximum Gasteiger partial charge on any atom is 0.204 e. The summed E-state index contributed by atoms with van der Waals surface area (Å²) in [6, 6.07) is 8.69. The van der Waals surface area contributed by atoms with Crippen LogP contribution in [0.15, 0.2) is 36.4 Å². The van der Waals surface area contributed by atoms with Gasteiger partial charge in [0.1, 0.15) is 11.5 Å². The molecule has 138 valence electrons. The van der Waals surface area contributed by atoms with Crippen LogP contribution in [0.1, 0.15) is 15.9 Å². The number of hydrogen-bond donors (Lipinski definition) is 0. The van der Waals surface area contributed by atoms with Crippen molar-refractivity contribution in [3.05, 3.63) is 47.5 Å². The second-order valence-electron chi connectivity index (χ2n) is 5.16. The molecule has 0 N–H and O–H groups in total. The van der Waals surface area contributed by atoms with Crippen molar-refractivity contribution in [2.75, 3.05) is 35.5 Å². The van der Waals surface area contributed by atoms with Crippen molar-refractivity contribution in [3.8, 4) is 28.7 Å². The van der Waals surface area contributed by atoms with Crippen molar-refractivity contribution < 1.29 is 28.5 Å². The SMILES string of the molecule is COc1cccc(OC)c1/C=C/C(=O)c1ccc(OC)c(OC)c1OC. The highest BCUT2D eigenvalue weighted by atomic mass is 16.5. The van der Waals surface area contributed by atoms with Crippen molar-refractivity contribution in [1.29, 1.82) is 0 Å². The smallest absolute Gasteiger partial charge is 0.204 e. The lowest BCUT2D eigenvalue weighted by molar-refractivity contribution is 0.104. The van der Waals surface area contributed by atoms with Gasteiger partial charge in [-0.05, 0) is 36.4 Å². The minimum atomic E-state index is -0.254. The summed E-state index contributed by atoms with van der Waals surface area (Å²) >= 11 is 0. The average Bonchev–Trinajstić information content (AvgIpc) is 2.69. The van der Waals surface area contributed by atoms with E-state index in [0.717, 1.165) is 0 Å². The van der Waals surface area contributed by atoms with E-state index in [1.807, 2.05) is 6.07 Å². The normalized spacial score (nSPS) is 10.5. The van der Waals surface area contributed by atoms with Gasteiger partial charge in [0.25, 0.3) is 0 Å². The van der Waals surface area contributed by atoms with E-state index in [-0.39, 0.29) is 5.78 Å². The number of carbonyl (C=O) groups is 1. The molecule has 0 aliphatic heterocycles. The molecule has 0 fully saturated rings. The third-order valence-electron chi connectivity index (χ3n) is 3.84. The van der Waals surface area contributed by atoms with Crippen molar-refractivity contribution in [3.63, 3.8) is 0 Å². The van der Waals surface area contributed by atoms with E-state index >= 15 is 0 Å². The Balaban J connectivity index is 2.44. The molecule has 0 aliphatic carbocycles. The van der Waals surface area contributed by atoms with Crippen LogP contribution in [0.2, 0.25) is 0 Å². The molecule has 0 unspecified atom stereocenters. The van der Waals surface area contributed by atoms with E-state index < -0.39 is 0 Å². The molecule has 0 bridgehead atoms. The molecule has 6 nitrogen and oxygen atoms in total. The van der Waals surface area contributed by atoms with Crippen LogP contribution < -0.4 is 23.7 Å². The van der Waals surface area contributed by atoms with Crippen LogP contribution >= 0.6 is 0 Å². The highest BCUT2D eigenvalue weighted by Crippen LogP contribution is 2.40. The fourth-order valence-electron chi connectivity index (χ4n) is 2.59. The second kappa shape index (κ2) is 8.80. The Hall–Kier alpha value is -3.15. The Kier molecular flexibility index (Phi) is 6.49. The molecule has 0 atom stereocenters. The number of rotatable bonds is 8. The van der Waals surface area contributed by atoms with Crippen LogP contribution in [0, 0.1) is 0 Å². The molecule has 2 rings (SSSR count). The van der Waals surface area contributed by atoms with Crippen molar-refractivity contribution in [1.82, 2.24) is 0 Å². The Labute approximate surface area is 152 Å². The summed E-state index contributed by atoms with van der Waals surface area (Å²) in [4.78, 5) is 12.7. The minimum Gasteiger partial charge on any atom is -0.496 e. The molecule has 26 heavy (non-hydrogen) atoms. The first-order valence-electron chi connectivity index (χ1n) is 7.83. The van der Waals surface area contributed by atoms with Gasteiger partial charge in [0.05, 0.1) is 46.7 Å². The molecule has 0 aliphatic rings. The molecule has 0 amide bonds. The highest BCUT2D eigenvalue weighted by molar-refractivity contribution is 6.09. The lowest BCUT2D eigenvalue weighted by Gasteiger charge is -2.14. The fourth-order valence-corrected chi connectivity index (χ4v) is 2.59. The number of allylic oxidation sites excluding steroid dienone is 1. The molecular formula is C20H22O6. The molecule has 0 aromatic heterocycles. The van der Waals surface area contributed by atoms with Gasteiger partial charge in [-0.3, -0.25) is 4.79 Å². The van der Waals surface area contributed by atoms with Crippen LogP contribution in [0.4, 0.5) is 0 Å². The quantitative estimate of drug-likeness (QED) is 0.530. The summed E-state index contributed by atoms with van der Waals surface area (Å²) in [6.07, 6.45) is 3.08. The Morgan fingerprint density at radius 1 is 0.731 bits per heavy atom. The zero-order valence-corrected chi connectivity index (χ0v) is 15.5. The fraction of sp³-hybridized carbons (Fsp3) is 0.250. The molecule has 0 saturated carbocycles. The standard InChI is InChI=1S/C20H22O6/c1-22-16-7-6-8-17(23-2)14(16)9-11-15(21)13-10-12-18(24-3)20(26-5)19(13)25-4/h6-12H,1-5H3/b11-9+. The molecule has 0 radical (unpaired) electrons. The number of ether oxygens (including phenoxy) is 5. The van der Waals surface area contributed by atoms with Gasteiger partial charge in [-0.15, -0.1) is 0 Å². The van der Waals surface area contributed by atoms with Gasteiger partial charge in [-0.25, -0.2) is 0 Å². The Bertz CT molecular complexity index is 788. The Morgan fingerprint density at radius 2 is 1.31 bits per heavy atom. The molecular weight excluding hydrogens is 336 g/mol. The summed E-state index contributed by atoms with van der Waals surface area (Å²) in [5.41, 5.74) is 1.03. The minimum absolute atomic E-state index is 0.254. The summed E-state index contributed by atoms with van der Waals surface area (Å²) in [5.74, 6) is 2.12. The molecule has 0 spiro atoms. The lowest BCUT2D eigenvalue weighted by Crippen LogP contribution is -2.03. The van der Waals surface area contributed by atoms with E-state index in [0.29, 0.717) is 39.9 Å². The molecule has 2 aromatic carbocycles. The van der Waals surface area contributed by atoms with Gasteiger partial charge in [0, 0.05) is 0 Å². The van der Waals surface area contributed by atoms with Crippen LogP contribution in [-0.2, 0) is 0 Å². The van der Waals surface area contributed by atoms with E-state index in [9.17, 15) is 4.79 Å². The van der Waals surface area contributed by atoms with Crippen LogP contribution in [0.5, 0.6) is 28.7 Å². The maximum absolute atomic E-state index is 12.7. The third kappa shape index (κ3) is 3.74. The van der Waals surface area contributed by atoms with E-state index in [1.54, 1.807) is 44.6 Å². The van der Waals surface area contributed by atoms with Crippen LogP contribution in [0.25, 0.3) is 6.08 Å². The lowest BCUT2D eigenvalue weighted by atomic mass is 10.1. The average molecular weight is 358 g/mol. The van der Waals surface area contributed by atoms with Gasteiger partial charge in [0.15, 0.2) is 17.3 Å². The van der Waals surface area contributed by atoms with Gasteiger partial charge < -0.3 is 23.7 Å². The topological polar surface area (TPSA) is 63.2 Å². The number of methoxy groups -OCH3 is 5. The third-order valence-corrected chi connectivity index (χ3v) is 3.84. The van der Waals surface area contributed by atoms with E-state index in [1.165, 1.54) is 27.4 Å². The largest absolute Gasteiger partial charge is 0.496 e. The highest BCUT2D eigenvalue weighted by Gasteiger charge is 2.19. The number of hydrogen-bond acceptors (Lipinski definition) is 6. The maximum atomic E-state index is 12.7. The summed E-state index contributed by atoms with van der Waals surface area (Å²) in [6.45, 7) is 0. The zero-order valence-electron chi connectivity index (χ0n) is 15.5. The number of ketones is 1. The molecule has 2 aromatic rings. The number of benzene rings is 2. The van der Waals surface area contributed by atoms with Crippen LogP contribution in [0.3, 0.4) is 0 Å². The van der Waals surface area contributed by atoms with Crippen LogP contribution in [-0.4, -0.2) is 41.3 Å². The first-order chi connectivity index (χ1) is 12.6. The van der Waals surface area contributed by atoms with E-state index in [4.69, 9.17) is 23.7 Å². The molecule has 6 heteroatoms. The Morgan fingerprint density at radius 3 is 1.81 bits per heavy atom. The van der Waals surface area contributed by atoms with Crippen molar-refractivity contribution >= 4 is 11.9 Å².